The van der Waals surface area contributed by atoms with Gasteiger partial charge in [0, 0.05) is 5.54 Å². The van der Waals surface area contributed by atoms with Crippen molar-refractivity contribution in [3.8, 4) is 0 Å². The summed E-state index contributed by atoms with van der Waals surface area (Å²) in [7, 11) is 0. The molecule has 3 heteroatoms. The molecule has 0 aromatic carbocycles. The monoisotopic (exact) mass is 228 g/mol. The van der Waals surface area contributed by atoms with E-state index in [1.807, 2.05) is 13.8 Å². The van der Waals surface area contributed by atoms with Crippen LogP contribution in [-0.2, 0) is 4.79 Å². The second kappa shape index (κ2) is 6.24. The molecule has 3 N–H and O–H groups in total. The summed E-state index contributed by atoms with van der Waals surface area (Å²) in [5.74, 6) is 0.00282. The predicted molar refractivity (Wildman–Crippen MR) is 69.2 cm³/mol. The molecule has 0 aliphatic rings. The van der Waals surface area contributed by atoms with E-state index in [-0.39, 0.29) is 11.4 Å². The first-order valence-electron chi connectivity index (χ1n) is 6.55. The Kier molecular flexibility index (Phi) is 6.01. The van der Waals surface area contributed by atoms with Crippen LogP contribution in [-0.4, -0.2) is 17.0 Å². The molecule has 3 nitrogen and oxygen atoms in total. The highest BCUT2D eigenvalue weighted by Gasteiger charge is 2.35. The SMILES string of the molecule is CCC(CC)(CC)NC(=O)C(N)(CC)CC. The molecule has 0 radical (unpaired) electrons. The molecule has 0 saturated carbocycles. The summed E-state index contributed by atoms with van der Waals surface area (Å²) >= 11 is 0. The van der Waals surface area contributed by atoms with Gasteiger partial charge in [0.15, 0.2) is 0 Å². The maximum atomic E-state index is 12.2. The molecule has 0 aromatic rings. The van der Waals surface area contributed by atoms with Crippen molar-refractivity contribution in [1.82, 2.24) is 5.32 Å². The Morgan fingerprint density at radius 2 is 1.31 bits per heavy atom. The molecule has 0 bridgehead atoms. The minimum atomic E-state index is -0.704. The molecular formula is C13H28N2O. The highest BCUT2D eigenvalue weighted by atomic mass is 16.2. The lowest BCUT2D eigenvalue weighted by atomic mass is 9.86. The minimum Gasteiger partial charge on any atom is -0.349 e. The lowest BCUT2D eigenvalue weighted by Gasteiger charge is -2.36. The lowest BCUT2D eigenvalue weighted by molar-refractivity contribution is -0.128. The Morgan fingerprint density at radius 1 is 0.938 bits per heavy atom. The van der Waals surface area contributed by atoms with Crippen LogP contribution in [0.4, 0.5) is 0 Å². The third kappa shape index (κ3) is 3.21. The van der Waals surface area contributed by atoms with Crippen LogP contribution >= 0.6 is 0 Å². The van der Waals surface area contributed by atoms with Crippen LogP contribution in [0.25, 0.3) is 0 Å². The quantitative estimate of drug-likeness (QED) is 0.703. The maximum absolute atomic E-state index is 12.2. The molecule has 0 aliphatic heterocycles. The second-order valence-corrected chi connectivity index (χ2v) is 4.66. The van der Waals surface area contributed by atoms with Gasteiger partial charge in [-0.25, -0.2) is 0 Å². The van der Waals surface area contributed by atoms with Crippen LogP contribution in [0.2, 0.25) is 0 Å². The molecule has 0 saturated heterocycles. The topological polar surface area (TPSA) is 55.1 Å². The average Bonchev–Trinajstić information content (AvgIpc) is 2.34. The molecule has 0 atom stereocenters. The molecule has 0 heterocycles. The Morgan fingerprint density at radius 3 is 1.56 bits per heavy atom. The van der Waals surface area contributed by atoms with Gasteiger partial charge in [0.05, 0.1) is 5.54 Å². The summed E-state index contributed by atoms with van der Waals surface area (Å²) in [6, 6.07) is 0. The first kappa shape index (κ1) is 15.4. The molecular weight excluding hydrogens is 200 g/mol. The van der Waals surface area contributed by atoms with E-state index < -0.39 is 5.54 Å². The van der Waals surface area contributed by atoms with Crippen molar-refractivity contribution in [1.29, 1.82) is 0 Å². The van der Waals surface area contributed by atoms with Crippen LogP contribution in [0.1, 0.15) is 66.7 Å². The fourth-order valence-electron chi connectivity index (χ4n) is 1.95. The first-order valence-corrected chi connectivity index (χ1v) is 6.55. The smallest absolute Gasteiger partial charge is 0.240 e. The second-order valence-electron chi connectivity index (χ2n) is 4.66. The lowest BCUT2D eigenvalue weighted by Crippen LogP contribution is -2.59. The van der Waals surface area contributed by atoms with Gasteiger partial charge in [-0.2, -0.15) is 0 Å². The molecule has 16 heavy (non-hydrogen) atoms. The predicted octanol–water partition coefficient (Wildman–Crippen LogP) is 2.59. The van der Waals surface area contributed by atoms with Crippen molar-refractivity contribution in [2.75, 3.05) is 0 Å². The van der Waals surface area contributed by atoms with Crippen molar-refractivity contribution in [3.05, 3.63) is 0 Å². The van der Waals surface area contributed by atoms with E-state index in [0.717, 1.165) is 19.3 Å². The number of hydrogen-bond donors (Lipinski definition) is 2. The summed E-state index contributed by atoms with van der Waals surface area (Å²) in [4.78, 5) is 12.2. The molecule has 0 aliphatic carbocycles. The fraction of sp³-hybridized carbons (Fsp3) is 0.923. The molecule has 0 aromatic heterocycles. The standard InChI is InChI=1S/C13H28N2O/c1-6-12(7-2,8-3)15-11(16)13(14,9-4)10-5/h6-10,14H2,1-5H3,(H,15,16). The van der Waals surface area contributed by atoms with Gasteiger partial charge in [0.2, 0.25) is 5.91 Å². The van der Waals surface area contributed by atoms with E-state index in [2.05, 4.69) is 26.1 Å². The van der Waals surface area contributed by atoms with Gasteiger partial charge < -0.3 is 11.1 Å². The minimum absolute atomic E-state index is 0.00282. The van der Waals surface area contributed by atoms with Crippen LogP contribution in [0.3, 0.4) is 0 Å². The highest BCUT2D eigenvalue weighted by Crippen LogP contribution is 2.21. The van der Waals surface area contributed by atoms with Crippen LogP contribution in [0, 0.1) is 0 Å². The van der Waals surface area contributed by atoms with Gasteiger partial charge in [-0.05, 0) is 32.1 Å². The Balaban J connectivity index is 4.76. The summed E-state index contributed by atoms with van der Waals surface area (Å²) in [6.07, 6.45) is 4.23. The van der Waals surface area contributed by atoms with Gasteiger partial charge in [-0.3, -0.25) is 4.79 Å². The summed E-state index contributed by atoms with van der Waals surface area (Å²) < 4.78 is 0. The Labute approximate surface area is 100 Å². The van der Waals surface area contributed by atoms with Gasteiger partial charge in [-0.15, -0.1) is 0 Å². The van der Waals surface area contributed by atoms with E-state index >= 15 is 0 Å². The third-order valence-electron chi connectivity index (χ3n) is 4.12. The zero-order chi connectivity index (χ0) is 12.8. The molecule has 0 rings (SSSR count). The van der Waals surface area contributed by atoms with Gasteiger partial charge in [0.1, 0.15) is 0 Å². The third-order valence-corrected chi connectivity index (χ3v) is 4.12. The Bertz CT molecular complexity index is 210. The van der Waals surface area contributed by atoms with Crippen LogP contribution in [0.5, 0.6) is 0 Å². The number of nitrogens with one attached hydrogen (secondary N) is 1. The number of rotatable bonds is 7. The van der Waals surface area contributed by atoms with Gasteiger partial charge in [-0.1, -0.05) is 34.6 Å². The first-order chi connectivity index (χ1) is 7.43. The summed E-state index contributed by atoms with van der Waals surface area (Å²) in [5.41, 5.74) is 5.32. The molecule has 0 spiro atoms. The van der Waals surface area contributed by atoms with E-state index in [9.17, 15) is 4.79 Å². The normalized spacial score (nSPS) is 12.6. The number of hydrogen-bond acceptors (Lipinski definition) is 2. The Hall–Kier alpha value is -0.570. The summed E-state index contributed by atoms with van der Waals surface area (Å²) in [5, 5.41) is 3.16. The average molecular weight is 228 g/mol. The van der Waals surface area contributed by atoms with Crippen LogP contribution < -0.4 is 11.1 Å². The van der Waals surface area contributed by atoms with E-state index in [1.165, 1.54) is 0 Å². The fourth-order valence-corrected chi connectivity index (χ4v) is 1.95. The van der Waals surface area contributed by atoms with Gasteiger partial charge >= 0.3 is 0 Å². The van der Waals surface area contributed by atoms with Gasteiger partial charge in [0.25, 0.3) is 0 Å². The highest BCUT2D eigenvalue weighted by molar-refractivity contribution is 5.86. The maximum Gasteiger partial charge on any atom is 0.240 e. The largest absolute Gasteiger partial charge is 0.349 e. The van der Waals surface area contributed by atoms with E-state index in [1.54, 1.807) is 0 Å². The van der Waals surface area contributed by atoms with Crippen molar-refractivity contribution < 1.29 is 4.79 Å². The van der Waals surface area contributed by atoms with Crippen molar-refractivity contribution >= 4 is 5.91 Å². The molecule has 96 valence electrons. The zero-order valence-electron chi connectivity index (χ0n) is 11.5. The summed E-state index contributed by atoms with van der Waals surface area (Å²) in [6.45, 7) is 10.3. The van der Waals surface area contributed by atoms with Crippen molar-refractivity contribution in [2.24, 2.45) is 5.73 Å². The van der Waals surface area contributed by atoms with Crippen molar-refractivity contribution in [2.45, 2.75) is 77.8 Å². The van der Waals surface area contributed by atoms with E-state index in [0.29, 0.717) is 12.8 Å². The number of amides is 1. The molecule has 0 unspecified atom stereocenters. The van der Waals surface area contributed by atoms with Crippen LogP contribution in [0.15, 0.2) is 0 Å². The zero-order valence-corrected chi connectivity index (χ0v) is 11.5. The number of carbonyl (C=O) groups excluding carboxylic acids is 1. The molecule has 0 fully saturated rings. The number of carbonyl (C=O) groups is 1. The van der Waals surface area contributed by atoms with E-state index in [4.69, 9.17) is 5.73 Å². The number of nitrogens with two attached hydrogens (primary N) is 1. The molecule has 1 amide bonds. The van der Waals surface area contributed by atoms with Crippen molar-refractivity contribution in [3.63, 3.8) is 0 Å².